The number of anilines is 1. The summed E-state index contributed by atoms with van der Waals surface area (Å²) < 4.78 is 17.3. The van der Waals surface area contributed by atoms with E-state index in [0.29, 0.717) is 17.1 Å². The summed E-state index contributed by atoms with van der Waals surface area (Å²) in [7, 11) is 2.92. The molecule has 0 saturated carbocycles. The number of rotatable bonds is 4. The lowest BCUT2D eigenvalue weighted by Crippen LogP contribution is -2.37. The maximum Gasteiger partial charge on any atom is 0.332 e. The van der Waals surface area contributed by atoms with Gasteiger partial charge in [0.1, 0.15) is 16.3 Å². The Labute approximate surface area is 195 Å². The average Bonchev–Trinajstić information content (AvgIpc) is 3.39. The van der Waals surface area contributed by atoms with Crippen molar-refractivity contribution in [2.24, 2.45) is 14.1 Å². The molecule has 0 saturated heterocycles. The third-order valence-electron chi connectivity index (χ3n) is 5.63. The smallest absolute Gasteiger partial charge is 0.320 e. The number of carbonyl (C=O) groups excluding carboxylic acids is 1. The van der Waals surface area contributed by atoms with E-state index in [4.69, 9.17) is 0 Å². The minimum atomic E-state index is -0.486. The molecule has 0 aliphatic heterocycles. The van der Waals surface area contributed by atoms with E-state index in [1.165, 1.54) is 54.4 Å². The maximum atomic E-state index is 13.2. The second-order valence-electron chi connectivity index (χ2n) is 7.95. The molecule has 172 valence electrons. The summed E-state index contributed by atoms with van der Waals surface area (Å²) in [6.07, 6.45) is 1.41. The Morgan fingerprint density at radius 1 is 1.09 bits per heavy atom. The molecule has 0 bridgehead atoms. The van der Waals surface area contributed by atoms with Crippen molar-refractivity contribution in [3.8, 4) is 0 Å². The lowest BCUT2D eigenvalue weighted by molar-refractivity contribution is 0.103. The molecule has 5 aromatic rings. The van der Waals surface area contributed by atoms with Gasteiger partial charge in [0.25, 0.3) is 11.5 Å². The third-order valence-corrected chi connectivity index (χ3v) is 6.78. The van der Waals surface area contributed by atoms with Crippen LogP contribution < -0.4 is 16.6 Å². The summed E-state index contributed by atoms with van der Waals surface area (Å²) in [5.41, 5.74) is 1.30. The van der Waals surface area contributed by atoms with Gasteiger partial charge in [-0.05, 0) is 36.8 Å². The maximum absolute atomic E-state index is 13.2. The summed E-state index contributed by atoms with van der Waals surface area (Å²) >= 11 is 1.29. The van der Waals surface area contributed by atoms with Gasteiger partial charge in [-0.1, -0.05) is 12.1 Å². The molecule has 1 aromatic carbocycles. The molecule has 4 aromatic heterocycles. The van der Waals surface area contributed by atoms with Crippen molar-refractivity contribution < 1.29 is 9.18 Å². The molecule has 9 nitrogen and oxygen atoms in total. The monoisotopic (exact) mass is 478 g/mol. The second-order valence-corrected chi connectivity index (χ2v) is 8.98. The number of thiophene rings is 1. The predicted molar refractivity (Wildman–Crippen MR) is 128 cm³/mol. The van der Waals surface area contributed by atoms with E-state index in [1.54, 1.807) is 22.9 Å². The van der Waals surface area contributed by atoms with Crippen molar-refractivity contribution in [3.05, 3.63) is 85.4 Å². The summed E-state index contributed by atoms with van der Waals surface area (Å²) in [6, 6.07) is 9.49. The molecule has 4 heterocycles. The van der Waals surface area contributed by atoms with E-state index >= 15 is 0 Å². The van der Waals surface area contributed by atoms with Crippen LogP contribution in [-0.4, -0.2) is 29.8 Å². The first-order valence-electron chi connectivity index (χ1n) is 10.3. The first-order valence-corrected chi connectivity index (χ1v) is 11.1. The first-order chi connectivity index (χ1) is 16.2. The van der Waals surface area contributed by atoms with Gasteiger partial charge in [-0.2, -0.15) is 5.10 Å². The molecular formula is C23H19FN6O3S. The van der Waals surface area contributed by atoms with Gasteiger partial charge < -0.3 is 5.32 Å². The van der Waals surface area contributed by atoms with Crippen LogP contribution in [0.2, 0.25) is 0 Å². The molecule has 1 amide bonds. The number of nitrogens with one attached hydrogen (secondary N) is 1. The number of aryl methyl sites for hydroxylation is 2. The predicted octanol–water partition coefficient (Wildman–Crippen LogP) is 2.79. The van der Waals surface area contributed by atoms with Gasteiger partial charge in [0.2, 0.25) is 0 Å². The Morgan fingerprint density at radius 3 is 2.56 bits per heavy atom. The molecule has 0 atom stereocenters. The SMILES string of the molecule is Cc1nn(Cc2ccc(F)cc2)c2sc(C(=O)Nc3cnc4c(c3)c(=O)n(C)c(=O)n4C)cc12. The van der Waals surface area contributed by atoms with Crippen molar-refractivity contribution >= 4 is 44.2 Å². The molecule has 34 heavy (non-hydrogen) atoms. The largest absolute Gasteiger partial charge is 0.332 e. The number of benzene rings is 1. The lowest BCUT2D eigenvalue weighted by Gasteiger charge is -2.08. The minimum Gasteiger partial charge on any atom is -0.320 e. The number of fused-ring (bicyclic) bond motifs is 2. The Morgan fingerprint density at radius 2 is 1.82 bits per heavy atom. The minimum absolute atomic E-state index is 0.226. The van der Waals surface area contributed by atoms with Gasteiger partial charge in [-0.3, -0.25) is 23.4 Å². The number of amides is 1. The highest BCUT2D eigenvalue weighted by atomic mass is 32.1. The van der Waals surface area contributed by atoms with Crippen LogP contribution in [-0.2, 0) is 20.6 Å². The summed E-state index contributed by atoms with van der Waals surface area (Å²) in [4.78, 5) is 43.1. The van der Waals surface area contributed by atoms with Crippen LogP contribution >= 0.6 is 11.3 Å². The van der Waals surface area contributed by atoms with E-state index in [1.807, 2.05) is 6.92 Å². The van der Waals surface area contributed by atoms with Crippen LogP contribution in [0, 0.1) is 12.7 Å². The summed E-state index contributed by atoms with van der Waals surface area (Å²) in [5.74, 6) is -0.652. The van der Waals surface area contributed by atoms with Gasteiger partial charge >= 0.3 is 5.69 Å². The van der Waals surface area contributed by atoms with Crippen LogP contribution in [0.4, 0.5) is 10.1 Å². The average molecular weight is 479 g/mol. The van der Waals surface area contributed by atoms with Crippen molar-refractivity contribution in [1.82, 2.24) is 23.9 Å². The van der Waals surface area contributed by atoms with Gasteiger partial charge in [0.05, 0.1) is 34.4 Å². The molecule has 5 rings (SSSR count). The standard InChI is InChI=1S/C23H19FN6O3S/c1-12-16-9-18(34-22(16)30(27-12)11-13-4-6-14(24)7-5-13)20(31)26-15-8-17-19(25-10-15)28(2)23(33)29(3)21(17)32/h4-10H,11H2,1-3H3,(H,26,31). The third kappa shape index (κ3) is 3.59. The molecule has 0 unspecified atom stereocenters. The lowest BCUT2D eigenvalue weighted by atomic mass is 10.2. The molecular weight excluding hydrogens is 459 g/mol. The fourth-order valence-electron chi connectivity index (χ4n) is 3.82. The molecule has 11 heteroatoms. The van der Waals surface area contributed by atoms with E-state index < -0.39 is 11.2 Å². The Kier molecular flexibility index (Phi) is 5.13. The van der Waals surface area contributed by atoms with Gasteiger partial charge in [-0.15, -0.1) is 11.3 Å². The van der Waals surface area contributed by atoms with E-state index in [9.17, 15) is 18.8 Å². The number of hydrogen-bond acceptors (Lipinski definition) is 6. The Balaban J connectivity index is 1.46. The molecule has 0 radical (unpaired) electrons. The summed E-state index contributed by atoms with van der Waals surface area (Å²) in [6.45, 7) is 2.31. The highest BCUT2D eigenvalue weighted by Crippen LogP contribution is 2.29. The van der Waals surface area contributed by atoms with Crippen molar-refractivity contribution in [1.29, 1.82) is 0 Å². The molecule has 1 N–H and O–H groups in total. The normalized spacial score (nSPS) is 11.4. The van der Waals surface area contributed by atoms with Crippen LogP contribution in [0.5, 0.6) is 0 Å². The topological polar surface area (TPSA) is 104 Å². The van der Waals surface area contributed by atoms with E-state index in [0.717, 1.165) is 26.0 Å². The van der Waals surface area contributed by atoms with Gasteiger partial charge in [0, 0.05) is 19.5 Å². The molecule has 0 aliphatic carbocycles. The van der Waals surface area contributed by atoms with Gasteiger partial charge in [0.15, 0.2) is 0 Å². The van der Waals surface area contributed by atoms with Crippen LogP contribution in [0.15, 0.2) is 52.2 Å². The molecule has 0 aliphatic rings. The van der Waals surface area contributed by atoms with E-state index in [-0.39, 0.29) is 22.8 Å². The van der Waals surface area contributed by atoms with Crippen LogP contribution in [0.1, 0.15) is 20.9 Å². The molecule has 0 spiro atoms. The zero-order valence-electron chi connectivity index (χ0n) is 18.5. The first kappa shape index (κ1) is 21.7. The Hall–Kier alpha value is -4.12. The Bertz CT molecular complexity index is 1710. The zero-order chi connectivity index (χ0) is 24.1. The molecule has 0 fully saturated rings. The quantitative estimate of drug-likeness (QED) is 0.428. The number of hydrogen-bond donors (Lipinski definition) is 1. The van der Waals surface area contributed by atoms with Crippen molar-refractivity contribution in [3.63, 3.8) is 0 Å². The van der Waals surface area contributed by atoms with Crippen molar-refractivity contribution in [2.75, 3.05) is 5.32 Å². The number of nitrogens with zero attached hydrogens (tertiary/aromatic N) is 5. The number of pyridine rings is 1. The highest BCUT2D eigenvalue weighted by Gasteiger charge is 2.18. The number of halogens is 1. The van der Waals surface area contributed by atoms with Crippen LogP contribution in [0.3, 0.4) is 0 Å². The van der Waals surface area contributed by atoms with Gasteiger partial charge in [-0.25, -0.2) is 14.2 Å². The second kappa shape index (κ2) is 8.03. The van der Waals surface area contributed by atoms with Crippen molar-refractivity contribution in [2.45, 2.75) is 13.5 Å². The summed E-state index contributed by atoms with van der Waals surface area (Å²) in [5, 5.41) is 8.41. The fourth-order valence-corrected chi connectivity index (χ4v) is 4.88. The van der Waals surface area contributed by atoms with E-state index in [2.05, 4.69) is 15.4 Å². The zero-order valence-corrected chi connectivity index (χ0v) is 19.3. The number of aromatic nitrogens is 5. The van der Waals surface area contributed by atoms with Crippen LogP contribution in [0.25, 0.3) is 21.3 Å². The number of carbonyl (C=O) groups is 1. The highest BCUT2D eigenvalue weighted by molar-refractivity contribution is 7.20. The fraction of sp³-hybridized carbons (Fsp3) is 0.174.